The first-order valence-electron chi connectivity index (χ1n) is 6.43. The van der Waals surface area contributed by atoms with Crippen LogP contribution in [0, 0.1) is 6.92 Å². The number of fused-ring (bicyclic) bond motifs is 1. The predicted octanol–water partition coefficient (Wildman–Crippen LogP) is 2.42. The van der Waals surface area contributed by atoms with Crippen molar-refractivity contribution in [2.45, 2.75) is 19.4 Å². The molecular formula is C13H11Cl2N5O2. The molecule has 1 aromatic heterocycles. The molecule has 7 nitrogen and oxygen atoms in total. The zero-order valence-corrected chi connectivity index (χ0v) is 12.9. The van der Waals surface area contributed by atoms with Gasteiger partial charge in [0, 0.05) is 5.02 Å². The molecule has 2 amide bonds. The normalized spacial score (nSPS) is 16.3. The lowest BCUT2D eigenvalue weighted by Crippen LogP contribution is -2.24. The second-order valence-corrected chi connectivity index (χ2v) is 5.65. The summed E-state index contributed by atoms with van der Waals surface area (Å²) in [6.07, 6.45) is -0.0789. The van der Waals surface area contributed by atoms with E-state index in [1.165, 1.54) is 4.68 Å². The van der Waals surface area contributed by atoms with Gasteiger partial charge in [0.05, 0.1) is 17.1 Å². The Morgan fingerprint density at radius 2 is 2.23 bits per heavy atom. The molecule has 3 rings (SSSR count). The minimum absolute atomic E-state index is 0.0789. The van der Waals surface area contributed by atoms with Gasteiger partial charge in [-0.2, -0.15) is 10.1 Å². The highest BCUT2D eigenvalue weighted by atomic mass is 35.5. The average Bonchev–Trinajstić information content (AvgIpc) is 2.92. The van der Waals surface area contributed by atoms with Gasteiger partial charge in [-0.3, -0.25) is 14.9 Å². The zero-order chi connectivity index (χ0) is 15.9. The highest BCUT2D eigenvalue weighted by Gasteiger charge is 2.34. The molecule has 0 spiro atoms. The maximum atomic E-state index is 12.1. The Hall–Kier alpha value is -2.12. The molecule has 1 aliphatic rings. The van der Waals surface area contributed by atoms with Crippen LogP contribution in [0.5, 0.6) is 0 Å². The lowest BCUT2D eigenvalue weighted by molar-refractivity contribution is -0.123. The van der Waals surface area contributed by atoms with E-state index in [9.17, 15) is 9.59 Å². The molecule has 0 unspecified atom stereocenters. The van der Waals surface area contributed by atoms with Gasteiger partial charge in [-0.15, -0.1) is 0 Å². The van der Waals surface area contributed by atoms with Crippen molar-refractivity contribution >= 4 is 46.7 Å². The fourth-order valence-corrected chi connectivity index (χ4v) is 2.52. The number of carbonyl (C=O) groups excluding carboxylic acids is 2. The number of hydrogen-bond donors (Lipinski definition) is 2. The van der Waals surface area contributed by atoms with Crippen LogP contribution < -0.4 is 10.6 Å². The summed E-state index contributed by atoms with van der Waals surface area (Å²) in [7, 11) is 0. The number of aryl methyl sites for hydroxylation is 1. The van der Waals surface area contributed by atoms with Crippen LogP contribution in [-0.4, -0.2) is 26.6 Å². The van der Waals surface area contributed by atoms with Gasteiger partial charge in [0.15, 0.2) is 0 Å². The number of aromatic nitrogens is 3. The van der Waals surface area contributed by atoms with Gasteiger partial charge in [0.1, 0.15) is 11.9 Å². The fourth-order valence-electron chi connectivity index (χ4n) is 2.19. The Balaban J connectivity index is 1.74. The van der Waals surface area contributed by atoms with Crippen LogP contribution >= 0.6 is 23.2 Å². The van der Waals surface area contributed by atoms with Crippen molar-refractivity contribution in [3.05, 3.63) is 34.1 Å². The third-order valence-electron chi connectivity index (χ3n) is 3.15. The largest absolute Gasteiger partial charge is 0.325 e. The maximum Gasteiger partial charge on any atom is 0.252 e. The molecule has 1 aromatic carbocycles. The monoisotopic (exact) mass is 339 g/mol. The Kier molecular flexibility index (Phi) is 3.76. The van der Waals surface area contributed by atoms with E-state index < -0.39 is 6.04 Å². The zero-order valence-electron chi connectivity index (χ0n) is 11.4. The van der Waals surface area contributed by atoms with Gasteiger partial charge in [-0.1, -0.05) is 23.2 Å². The van der Waals surface area contributed by atoms with E-state index in [2.05, 4.69) is 20.7 Å². The number of benzene rings is 1. The molecule has 0 saturated carbocycles. The quantitative estimate of drug-likeness (QED) is 0.898. The number of nitrogens with one attached hydrogen (secondary N) is 2. The molecule has 2 N–H and O–H groups in total. The molecule has 0 saturated heterocycles. The van der Waals surface area contributed by atoms with E-state index in [4.69, 9.17) is 23.2 Å². The topological polar surface area (TPSA) is 88.9 Å². The molecule has 114 valence electrons. The number of hydrogen-bond acceptors (Lipinski definition) is 4. The number of nitrogens with zero attached hydrogens (tertiary/aromatic N) is 3. The van der Waals surface area contributed by atoms with Crippen molar-refractivity contribution in [2.75, 3.05) is 10.6 Å². The van der Waals surface area contributed by atoms with Crippen LogP contribution in [0.3, 0.4) is 0 Å². The minimum atomic E-state index is -0.728. The number of rotatable bonds is 3. The summed E-state index contributed by atoms with van der Waals surface area (Å²) in [6.45, 7) is 1.71. The number of halogens is 2. The SMILES string of the molecule is Cc1nc2n(n1)[C@@H](CC(=O)Nc1cc(Cl)ccc1Cl)C(=O)N2. The number of amides is 2. The van der Waals surface area contributed by atoms with E-state index >= 15 is 0 Å². The van der Waals surface area contributed by atoms with Gasteiger partial charge in [0.25, 0.3) is 5.91 Å². The van der Waals surface area contributed by atoms with Crippen molar-refractivity contribution in [3.8, 4) is 0 Å². The van der Waals surface area contributed by atoms with Crippen molar-refractivity contribution < 1.29 is 9.59 Å². The Labute approximate surface area is 135 Å². The first kappa shape index (κ1) is 14.8. The number of anilines is 2. The fraction of sp³-hybridized carbons (Fsp3) is 0.231. The lowest BCUT2D eigenvalue weighted by atomic mass is 10.2. The van der Waals surface area contributed by atoms with Crippen molar-refractivity contribution in [3.63, 3.8) is 0 Å². The van der Waals surface area contributed by atoms with Crippen LogP contribution in [0.15, 0.2) is 18.2 Å². The van der Waals surface area contributed by atoms with Crippen LogP contribution in [0.25, 0.3) is 0 Å². The van der Waals surface area contributed by atoms with Crippen LogP contribution in [0.4, 0.5) is 11.6 Å². The van der Waals surface area contributed by atoms with E-state index in [0.717, 1.165) is 0 Å². The molecule has 2 aromatic rings. The summed E-state index contributed by atoms with van der Waals surface area (Å²) in [4.78, 5) is 28.1. The minimum Gasteiger partial charge on any atom is -0.325 e. The van der Waals surface area contributed by atoms with Crippen molar-refractivity contribution in [1.82, 2.24) is 14.8 Å². The van der Waals surface area contributed by atoms with Gasteiger partial charge >= 0.3 is 0 Å². The second kappa shape index (κ2) is 5.58. The lowest BCUT2D eigenvalue weighted by Gasteiger charge is -2.11. The second-order valence-electron chi connectivity index (χ2n) is 4.81. The van der Waals surface area contributed by atoms with Crippen LogP contribution in [0.1, 0.15) is 18.3 Å². The van der Waals surface area contributed by atoms with Crippen molar-refractivity contribution in [1.29, 1.82) is 0 Å². The standard InChI is InChI=1S/C13H11Cl2N5O2/c1-6-16-13-18-12(22)10(20(13)19-6)5-11(21)17-9-4-7(14)2-3-8(9)15/h2-4,10H,5H2,1H3,(H,17,21)(H,16,18,19,22)/t10-/m0/s1. The smallest absolute Gasteiger partial charge is 0.252 e. The van der Waals surface area contributed by atoms with E-state index in [1.807, 2.05) is 0 Å². The summed E-state index contributed by atoms with van der Waals surface area (Å²) in [5.41, 5.74) is 0.396. The molecular weight excluding hydrogens is 329 g/mol. The molecule has 22 heavy (non-hydrogen) atoms. The summed E-state index contributed by atoms with van der Waals surface area (Å²) < 4.78 is 1.41. The van der Waals surface area contributed by atoms with E-state index in [1.54, 1.807) is 25.1 Å². The Bertz CT molecular complexity index is 774. The molecule has 0 radical (unpaired) electrons. The summed E-state index contributed by atoms with van der Waals surface area (Å²) in [5.74, 6) is 0.187. The molecule has 0 fully saturated rings. The van der Waals surface area contributed by atoms with Gasteiger partial charge in [0.2, 0.25) is 11.9 Å². The molecule has 1 atom stereocenters. The van der Waals surface area contributed by atoms with Crippen LogP contribution in [-0.2, 0) is 9.59 Å². The first-order chi connectivity index (χ1) is 10.4. The van der Waals surface area contributed by atoms with Crippen LogP contribution in [0.2, 0.25) is 10.0 Å². The van der Waals surface area contributed by atoms with Gasteiger partial charge in [-0.25, -0.2) is 4.68 Å². The molecule has 0 aliphatic carbocycles. The van der Waals surface area contributed by atoms with E-state index in [0.29, 0.717) is 27.5 Å². The highest BCUT2D eigenvalue weighted by Crippen LogP contribution is 2.28. The molecule has 9 heteroatoms. The summed E-state index contributed by atoms with van der Waals surface area (Å²) >= 11 is 11.9. The van der Waals surface area contributed by atoms with Crippen molar-refractivity contribution in [2.24, 2.45) is 0 Å². The number of carbonyl (C=O) groups is 2. The third kappa shape index (κ3) is 2.77. The Morgan fingerprint density at radius 3 is 3.00 bits per heavy atom. The first-order valence-corrected chi connectivity index (χ1v) is 7.18. The highest BCUT2D eigenvalue weighted by molar-refractivity contribution is 6.35. The third-order valence-corrected chi connectivity index (χ3v) is 3.72. The molecule has 0 bridgehead atoms. The molecule has 2 heterocycles. The van der Waals surface area contributed by atoms with Gasteiger partial charge < -0.3 is 5.32 Å². The average molecular weight is 340 g/mol. The predicted molar refractivity (Wildman–Crippen MR) is 82.1 cm³/mol. The summed E-state index contributed by atoms with van der Waals surface area (Å²) in [6, 6.07) is 4.02. The van der Waals surface area contributed by atoms with Gasteiger partial charge in [-0.05, 0) is 25.1 Å². The maximum absolute atomic E-state index is 12.1. The Morgan fingerprint density at radius 1 is 1.45 bits per heavy atom. The molecule has 1 aliphatic heterocycles. The summed E-state index contributed by atoms with van der Waals surface area (Å²) in [5, 5.41) is 10.1. The van der Waals surface area contributed by atoms with E-state index in [-0.39, 0.29) is 18.2 Å².